The van der Waals surface area contributed by atoms with E-state index in [1.54, 1.807) is 22.9 Å². The highest BCUT2D eigenvalue weighted by molar-refractivity contribution is 5.94. The smallest absolute Gasteiger partial charge is 0.274 e. The fraction of sp³-hybridized carbons (Fsp3) is 0.444. The molecule has 2 aromatic rings. The van der Waals surface area contributed by atoms with E-state index in [0.29, 0.717) is 17.9 Å². The van der Waals surface area contributed by atoms with Crippen molar-refractivity contribution in [3.05, 3.63) is 47.0 Å². The average Bonchev–Trinajstić information content (AvgIpc) is 3.18. The predicted molar refractivity (Wildman–Crippen MR) is 88.9 cm³/mol. The van der Waals surface area contributed by atoms with Crippen LogP contribution in [0.2, 0.25) is 0 Å². The molecule has 0 spiro atoms. The number of hydrogen-bond acceptors (Lipinski definition) is 3. The first-order chi connectivity index (χ1) is 11.7. The standard InChI is InChI=1S/C18H21FN4O/c1-12-11-20-9-10-22(12)18(24)17-13-5-4-8-15(13)23(21-17)16-7-3-2-6-14(16)19/h2-3,6-7,12,20H,4-5,8-11H2,1H3/t12-/m0/s1. The molecule has 0 unspecified atom stereocenters. The highest BCUT2D eigenvalue weighted by atomic mass is 19.1. The van der Waals surface area contributed by atoms with Gasteiger partial charge in [0.2, 0.25) is 0 Å². The number of nitrogens with one attached hydrogen (secondary N) is 1. The molecule has 126 valence electrons. The van der Waals surface area contributed by atoms with Crippen molar-refractivity contribution in [2.24, 2.45) is 0 Å². The van der Waals surface area contributed by atoms with E-state index in [-0.39, 0.29) is 17.8 Å². The number of benzene rings is 1. The quantitative estimate of drug-likeness (QED) is 0.916. The Kier molecular flexibility index (Phi) is 3.84. The van der Waals surface area contributed by atoms with Crippen molar-refractivity contribution >= 4 is 5.91 Å². The highest BCUT2D eigenvalue weighted by Crippen LogP contribution is 2.29. The van der Waals surface area contributed by atoms with Gasteiger partial charge in [0.05, 0.1) is 0 Å². The third-order valence-corrected chi connectivity index (χ3v) is 4.98. The number of piperazine rings is 1. The molecule has 1 fully saturated rings. The van der Waals surface area contributed by atoms with Crippen LogP contribution in [0, 0.1) is 5.82 Å². The molecular weight excluding hydrogens is 307 g/mol. The molecule has 0 saturated carbocycles. The Labute approximate surface area is 140 Å². The van der Waals surface area contributed by atoms with Crippen LogP contribution in [0.25, 0.3) is 5.69 Å². The molecule has 1 aliphatic heterocycles. The number of nitrogens with zero attached hydrogens (tertiary/aromatic N) is 3. The van der Waals surface area contributed by atoms with Crippen LogP contribution in [0.4, 0.5) is 4.39 Å². The van der Waals surface area contributed by atoms with Crippen LogP contribution in [-0.2, 0) is 12.8 Å². The molecule has 1 aliphatic carbocycles. The van der Waals surface area contributed by atoms with E-state index >= 15 is 0 Å². The summed E-state index contributed by atoms with van der Waals surface area (Å²) in [6, 6.07) is 6.74. The van der Waals surface area contributed by atoms with Gasteiger partial charge in [0.25, 0.3) is 5.91 Å². The number of rotatable bonds is 2. The van der Waals surface area contributed by atoms with E-state index in [1.165, 1.54) is 6.07 Å². The zero-order valence-electron chi connectivity index (χ0n) is 13.8. The summed E-state index contributed by atoms with van der Waals surface area (Å²) in [6.45, 7) is 4.31. The van der Waals surface area contributed by atoms with Crippen LogP contribution < -0.4 is 5.32 Å². The van der Waals surface area contributed by atoms with Crippen LogP contribution in [0.3, 0.4) is 0 Å². The first-order valence-corrected chi connectivity index (χ1v) is 8.54. The number of aromatic nitrogens is 2. The summed E-state index contributed by atoms with van der Waals surface area (Å²) >= 11 is 0. The number of para-hydroxylation sites is 1. The molecule has 1 atom stereocenters. The molecule has 6 heteroatoms. The number of amides is 1. The maximum Gasteiger partial charge on any atom is 0.274 e. The lowest BCUT2D eigenvalue weighted by molar-refractivity contribution is 0.0648. The van der Waals surface area contributed by atoms with Gasteiger partial charge in [0.1, 0.15) is 11.5 Å². The molecule has 24 heavy (non-hydrogen) atoms. The van der Waals surface area contributed by atoms with Crippen molar-refractivity contribution in [1.82, 2.24) is 20.0 Å². The fourth-order valence-electron chi connectivity index (χ4n) is 3.71. The number of halogens is 1. The summed E-state index contributed by atoms with van der Waals surface area (Å²) in [4.78, 5) is 14.9. The van der Waals surface area contributed by atoms with E-state index in [0.717, 1.165) is 43.6 Å². The van der Waals surface area contributed by atoms with Gasteiger partial charge in [0.15, 0.2) is 5.69 Å². The van der Waals surface area contributed by atoms with E-state index in [9.17, 15) is 9.18 Å². The lowest BCUT2D eigenvalue weighted by atomic mass is 10.1. The molecule has 1 aromatic carbocycles. The Bertz CT molecular complexity index is 785. The first kappa shape index (κ1) is 15.3. The van der Waals surface area contributed by atoms with Gasteiger partial charge in [-0.05, 0) is 38.3 Å². The SMILES string of the molecule is C[C@H]1CNCCN1C(=O)c1nn(-c2ccccc2F)c2c1CCC2. The Morgan fingerprint density at radius 3 is 2.96 bits per heavy atom. The minimum absolute atomic E-state index is 0.0303. The van der Waals surface area contributed by atoms with Crippen molar-refractivity contribution in [2.75, 3.05) is 19.6 Å². The van der Waals surface area contributed by atoms with Crippen LogP contribution in [0.1, 0.15) is 35.1 Å². The zero-order chi connectivity index (χ0) is 16.7. The lowest BCUT2D eigenvalue weighted by Crippen LogP contribution is -2.52. The largest absolute Gasteiger partial charge is 0.332 e. The molecular formula is C18H21FN4O. The molecule has 1 aromatic heterocycles. The number of fused-ring (bicyclic) bond motifs is 1. The van der Waals surface area contributed by atoms with E-state index < -0.39 is 0 Å². The number of carbonyl (C=O) groups excluding carboxylic acids is 1. The maximum atomic E-state index is 14.2. The summed E-state index contributed by atoms with van der Waals surface area (Å²) in [7, 11) is 0. The van der Waals surface area contributed by atoms with Gasteiger partial charge in [-0.25, -0.2) is 9.07 Å². The van der Waals surface area contributed by atoms with Crippen LogP contribution in [0.5, 0.6) is 0 Å². The van der Waals surface area contributed by atoms with Gasteiger partial charge >= 0.3 is 0 Å². The minimum atomic E-state index is -0.316. The molecule has 4 rings (SSSR count). The third-order valence-electron chi connectivity index (χ3n) is 4.98. The second-order valence-electron chi connectivity index (χ2n) is 6.54. The molecule has 0 bridgehead atoms. The Morgan fingerprint density at radius 1 is 1.33 bits per heavy atom. The molecule has 1 amide bonds. The normalized spacial score (nSPS) is 20.2. The fourth-order valence-corrected chi connectivity index (χ4v) is 3.71. The first-order valence-electron chi connectivity index (χ1n) is 8.54. The minimum Gasteiger partial charge on any atom is -0.332 e. The molecule has 2 aliphatic rings. The maximum absolute atomic E-state index is 14.2. The van der Waals surface area contributed by atoms with E-state index in [2.05, 4.69) is 10.4 Å². The number of carbonyl (C=O) groups is 1. The van der Waals surface area contributed by atoms with Crippen molar-refractivity contribution in [3.8, 4) is 5.69 Å². The third kappa shape index (κ3) is 2.41. The predicted octanol–water partition coefficient (Wildman–Crippen LogP) is 1.93. The van der Waals surface area contributed by atoms with Crippen molar-refractivity contribution in [1.29, 1.82) is 0 Å². The van der Waals surface area contributed by atoms with Gasteiger partial charge in [-0.2, -0.15) is 5.10 Å². The summed E-state index contributed by atoms with van der Waals surface area (Å²) < 4.78 is 15.8. The second-order valence-corrected chi connectivity index (χ2v) is 6.54. The Hall–Kier alpha value is -2.21. The van der Waals surface area contributed by atoms with Gasteiger partial charge in [0, 0.05) is 36.9 Å². The van der Waals surface area contributed by atoms with E-state index in [1.807, 2.05) is 11.8 Å². The monoisotopic (exact) mass is 328 g/mol. The van der Waals surface area contributed by atoms with Crippen LogP contribution in [0.15, 0.2) is 24.3 Å². The Morgan fingerprint density at radius 2 is 2.17 bits per heavy atom. The summed E-state index contributed by atoms with van der Waals surface area (Å²) in [5, 5.41) is 7.83. The van der Waals surface area contributed by atoms with E-state index in [4.69, 9.17) is 0 Å². The highest BCUT2D eigenvalue weighted by Gasteiger charge is 2.32. The molecule has 5 nitrogen and oxygen atoms in total. The summed E-state index contributed by atoms with van der Waals surface area (Å²) in [5.41, 5.74) is 2.89. The molecule has 2 heterocycles. The zero-order valence-corrected chi connectivity index (χ0v) is 13.8. The Balaban J connectivity index is 1.76. The van der Waals surface area contributed by atoms with Crippen molar-refractivity contribution < 1.29 is 9.18 Å². The van der Waals surface area contributed by atoms with Gasteiger partial charge in [-0.1, -0.05) is 12.1 Å². The topological polar surface area (TPSA) is 50.2 Å². The van der Waals surface area contributed by atoms with Gasteiger partial charge in [-0.15, -0.1) is 0 Å². The van der Waals surface area contributed by atoms with Gasteiger partial charge in [-0.3, -0.25) is 4.79 Å². The van der Waals surface area contributed by atoms with Crippen LogP contribution >= 0.6 is 0 Å². The number of hydrogen-bond donors (Lipinski definition) is 1. The van der Waals surface area contributed by atoms with Crippen LogP contribution in [-0.4, -0.2) is 46.3 Å². The van der Waals surface area contributed by atoms with Crippen molar-refractivity contribution in [3.63, 3.8) is 0 Å². The summed E-state index contributed by atoms with van der Waals surface area (Å²) in [6.07, 6.45) is 2.66. The molecule has 0 radical (unpaired) electrons. The molecule has 1 saturated heterocycles. The average molecular weight is 328 g/mol. The lowest BCUT2D eigenvalue weighted by Gasteiger charge is -2.33. The van der Waals surface area contributed by atoms with Crippen molar-refractivity contribution in [2.45, 2.75) is 32.2 Å². The molecule has 1 N–H and O–H groups in total. The summed E-state index contributed by atoms with van der Waals surface area (Å²) in [5.74, 6) is -0.346. The second kappa shape index (κ2) is 6.02. The van der Waals surface area contributed by atoms with Gasteiger partial charge < -0.3 is 10.2 Å².